The largest absolute Gasteiger partial charge is 0.483 e. The first-order valence-corrected chi connectivity index (χ1v) is 5.70. The van der Waals surface area contributed by atoms with Crippen LogP contribution in [0.2, 0.25) is 0 Å². The Bertz CT molecular complexity index is 469. The fraction of sp³-hybridized carbons (Fsp3) is 0.333. The maximum Gasteiger partial charge on any atom is 0.227 e. The predicted octanol–water partition coefficient (Wildman–Crippen LogP) is 1.16. The summed E-state index contributed by atoms with van der Waals surface area (Å²) in [6.07, 6.45) is 1.89. The second-order valence-corrected chi connectivity index (χ2v) is 4.14. The van der Waals surface area contributed by atoms with Gasteiger partial charge >= 0.3 is 0 Å². The van der Waals surface area contributed by atoms with Crippen molar-refractivity contribution in [3.05, 3.63) is 24.3 Å². The number of para-hydroxylation sites is 2. The van der Waals surface area contributed by atoms with E-state index in [4.69, 9.17) is 15.7 Å². The van der Waals surface area contributed by atoms with Gasteiger partial charge in [0, 0.05) is 5.92 Å². The first-order valence-electron chi connectivity index (χ1n) is 5.70. The van der Waals surface area contributed by atoms with Gasteiger partial charge in [-0.25, -0.2) is 0 Å². The Hall–Kier alpha value is -2.24. The van der Waals surface area contributed by atoms with Crippen LogP contribution in [0.25, 0.3) is 0 Å². The number of nitrogens with zero attached hydrogens (tertiary/aromatic N) is 1. The van der Waals surface area contributed by atoms with Gasteiger partial charge in [-0.05, 0) is 25.0 Å². The number of amides is 1. The minimum Gasteiger partial charge on any atom is -0.483 e. The number of rotatable bonds is 5. The zero-order valence-corrected chi connectivity index (χ0v) is 9.80. The van der Waals surface area contributed by atoms with Crippen molar-refractivity contribution in [1.29, 1.82) is 0 Å². The number of ether oxygens (including phenoxy) is 1. The van der Waals surface area contributed by atoms with E-state index in [1.165, 1.54) is 0 Å². The van der Waals surface area contributed by atoms with Crippen molar-refractivity contribution in [2.24, 2.45) is 16.8 Å². The van der Waals surface area contributed by atoms with Crippen molar-refractivity contribution in [3.8, 4) is 5.75 Å². The highest BCUT2D eigenvalue weighted by molar-refractivity contribution is 5.95. The Balaban J connectivity index is 2.02. The number of nitrogens with one attached hydrogen (secondary N) is 1. The van der Waals surface area contributed by atoms with Crippen LogP contribution in [0.3, 0.4) is 0 Å². The van der Waals surface area contributed by atoms with Gasteiger partial charge in [0.25, 0.3) is 0 Å². The molecule has 0 unspecified atom stereocenters. The summed E-state index contributed by atoms with van der Waals surface area (Å²) in [5.41, 5.74) is 5.92. The van der Waals surface area contributed by atoms with E-state index in [9.17, 15) is 4.79 Å². The van der Waals surface area contributed by atoms with E-state index in [1.54, 1.807) is 24.3 Å². The number of nitrogens with two attached hydrogens (primary N) is 1. The zero-order valence-electron chi connectivity index (χ0n) is 9.80. The molecule has 96 valence electrons. The van der Waals surface area contributed by atoms with Gasteiger partial charge in [0.1, 0.15) is 12.4 Å². The molecule has 1 aliphatic carbocycles. The van der Waals surface area contributed by atoms with Crippen molar-refractivity contribution < 1.29 is 14.7 Å². The summed E-state index contributed by atoms with van der Waals surface area (Å²) in [5.74, 6) is 0.605. The molecule has 1 saturated carbocycles. The first-order chi connectivity index (χ1) is 8.70. The van der Waals surface area contributed by atoms with Crippen LogP contribution in [0, 0.1) is 5.92 Å². The van der Waals surface area contributed by atoms with E-state index in [0.29, 0.717) is 11.4 Å². The highest BCUT2D eigenvalue weighted by atomic mass is 16.5. The molecule has 0 aliphatic heterocycles. The minimum absolute atomic E-state index is 0.00912. The molecule has 0 radical (unpaired) electrons. The first kappa shape index (κ1) is 12.2. The molecule has 0 heterocycles. The molecule has 1 aromatic rings. The highest BCUT2D eigenvalue weighted by Crippen LogP contribution is 2.32. The number of carbonyl (C=O) groups is 1. The van der Waals surface area contributed by atoms with Gasteiger partial charge in [-0.1, -0.05) is 17.3 Å². The average Bonchev–Trinajstić information content (AvgIpc) is 3.21. The van der Waals surface area contributed by atoms with Gasteiger partial charge in [-0.2, -0.15) is 0 Å². The molecular weight excluding hydrogens is 234 g/mol. The number of benzene rings is 1. The van der Waals surface area contributed by atoms with Crippen LogP contribution in [0.1, 0.15) is 12.8 Å². The number of oxime groups is 1. The van der Waals surface area contributed by atoms with Crippen molar-refractivity contribution in [3.63, 3.8) is 0 Å². The number of anilines is 1. The smallest absolute Gasteiger partial charge is 0.227 e. The molecule has 0 atom stereocenters. The predicted molar refractivity (Wildman–Crippen MR) is 66.7 cm³/mol. The molecule has 1 aromatic carbocycles. The maximum atomic E-state index is 11.7. The Morgan fingerprint density at radius 2 is 2.22 bits per heavy atom. The number of amidine groups is 1. The van der Waals surface area contributed by atoms with Gasteiger partial charge in [-0.15, -0.1) is 0 Å². The summed E-state index contributed by atoms with van der Waals surface area (Å²) in [5, 5.41) is 14.0. The molecule has 1 aliphatic rings. The lowest BCUT2D eigenvalue weighted by Gasteiger charge is -2.11. The summed E-state index contributed by atoms with van der Waals surface area (Å²) < 4.78 is 5.36. The summed E-state index contributed by atoms with van der Waals surface area (Å²) in [4.78, 5) is 11.7. The zero-order chi connectivity index (χ0) is 13.0. The Kier molecular flexibility index (Phi) is 3.66. The van der Waals surface area contributed by atoms with Gasteiger partial charge in [-0.3, -0.25) is 4.79 Å². The van der Waals surface area contributed by atoms with Crippen LogP contribution >= 0.6 is 0 Å². The van der Waals surface area contributed by atoms with E-state index < -0.39 is 0 Å². The van der Waals surface area contributed by atoms with Gasteiger partial charge in [0.05, 0.1) is 5.69 Å². The standard InChI is InChI=1S/C12H15N3O3/c13-11(15-17)7-18-10-4-2-1-3-9(10)14-12(16)8-5-6-8/h1-4,8,17H,5-7H2,(H2,13,15)(H,14,16). The molecule has 0 spiro atoms. The van der Waals surface area contributed by atoms with Crippen LogP contribution in [-0.2, 0) is 4.79 Å². The summed E-state index contributed by atoms with van der Waals surface area (Å²) in [6, 6.07) is 7.06. The summed E-state index contributed by atoms with van der Waals surface area (Å²) in [6.45, 7) is -0.0349. The molecule has 0 aromatic heterocycles. The number of hydrogen-bond acceptors (Lipinski definition) is 4. The molecular formula is C12H15N3O3. The van der Waals surface area contributed by atoms with Crippen LogP contribution in [-0.4, -0.2) is 23.6 Å². The van der Waals surface area contributed by atoms with Crippen LogP contribution in [0.15, 0.2) is 29.4 Å². The van der Waals surface area contributed by atoms with Crippen molar-refractivity contribution in [1.82, 2.24) is 0 Å². The maximum absolute atomic E-state index is 11.7. The third-order valence-electron chi connectivity index (χ3n) is 2.60. The lowest BCUT2D eigenvalue weighted by atomic mass is 10.2. The third-order valence-corrected chi connectivity index (χ3v) is 2.60. The normalized spacial score (nSPS) is 15.2. The van der Waals surface area contributed by atoms with Crippen LogP contribution in [0.4, 0.5) is 5.69 Å². The Labute approximate surface area is 104 Å². The van der Waals surface area contributed by atoms with E-state index in [2.05, 4.69) is 10.5 Å². The van der Waals surface area contributed by atoms with Gasteiger partial charge in [0.15, 0.2) is 5.84 Å². The summed E-state index contributed by atoms with van der Waals surface area (Å²) in [7, 11) is 0. The fourth-order valence-corrected chi connectivity index (χ4v) is 1.46. The minimum atomic E-state index is -0.0349. The van der Waals surface area contributed by atoms with Gasteiger partial charge < -0.3 is 21.0 Å². The van der Waals surface area contributed by atoms with Crippen molar-refractivity contribution >= 4 is 17.4 Å². The van der Waals surface area contributed by atoms with E-state index >= 15 is 0 Å². The van der Waals surface area contributed by atoms with E-state index in [1.807, 2.05) is 0 Å². The SMILES string of the molecule is N/C(COc1ccccc1NC(=O)C1CC1)=N\O. The van der Waals surface area contributed by atoms with E-state index in [0.717, 1.165) is 12.8 Å². The molecule has 0 bridgehead atoms. The Morgan fingerprint density at radius 3 is 2.89 bits per heavy atom. The Morgan fingerprint density at radius 1 is 1.50 bits per heavy atom. The molecule has 1 amide bonds. The topological polar surface area (TPSA) is 96.9 Å². The van der Waals surface area contributed by atoms with Crippen molar-refractivity contribution in [2.75, 3.05) is 11.9 Å². The second kappa shape index (κ2) is 5.39. The number of hydrogen-bond donors (Lipinski definition) is 3. The van der Waals surface area contributed by atoms with Gasteiger partial charge in [0.2, 0.25) is 5.91 Å². The molecule has 1 fully saturated rings. The molecule has 6 heteroatoms. The highest BCUT2D eigenvalue weighted by Gasteiger charge is 2.30. The quantitative estimate of drug-likeness (QED) is 0.316. The lowest BCUT2D eigenvalue weighted by Crippen LogP contribution is -2.21. The van der Waals surface area contributed by atoms with E-state index in [-0.39, 0.29) is 24.3 Å². The molecule has 18 heavy (non-hydrogen) atoms. The van der Waals surface area contributed by atoms with Crippen LogP contribution in [0.5, 0.6) is 5.75 Å². The molecule has 2 rings (SSSR count). The summed E-state index contributed by atoms with van der Waals surface area (Å²) >= 11 is 0. The van der Waals surface area contributed by atoms with Crippen molar-refractivity contribution in [2.45, 2.75) is 12.8 Å². The fourth-order valence-electron chi connectivity index (χ4n) is 1.46. The monoisotopic (exact) mass is 249 g/mol. The molecule has 6 nitrogen and oxygen atoms in total. The number of carbonyl (C=O) groups excluding carboxylic acids is 1. The second-order valence-electron chi connectivity index (χ2n) is 4.14. The van der Waals surface area contributed by atoms with Crippen LogP contribution < -0.4 is 15.8 Å². The molecule has 4 N–H and O–H groups in total. The molecule has 0 saturated heterocycles. The lowest BCUT2D eigenvalue weighted by molar-refractivity contribution is -0.117. The third kappa shape index (κ3) is 3.13. The average molecular weight is 249 g/mol.